The maximum absolute atomic E-state index is 11.1. The molecule has 0 aliphatic heterocycles. The Kier molecular flexibility index (Phi) is 3.36. The molecule has 1 aromatic rings. The largest absolute Gasteiger partial charge is 0.366 e. The third kappa shape index (κ3) is 2.70. The Labute approximate surface area is 100 Å². The molecule has 0 aliphatic carbocycles. The number of benzene rings is 1. The minimum atomic E-state index is -4.29. The average Bonchev–Trinajstić information content (AvgIpc) is 2.15. The summed E-state index contributed by atoms with van der Waals surface area (Å²) in [4.78, 5) is 19.8. The van der Waals surface area contributed by atoms with Gasteiger partial charge in [-0.2, -0.15) is 0 Å². The fourth-order valence-corrected chi connectivity index (χ4v) is 2.21. The van der Waals surface area contributed by atoms with Gasteiger partial charge in [-0.15, -0.1) is 0 Å². The summed E-state index contributed by atoms with van der Waals surface area (Å²) < 4.78 is 22.2. The molecule has 1 rings (SSSR count). The maximum Gasteiger partial charge on any atom is 0.290 e. The van der Waals surface area contributed by atoms with Gasteiger partial charge in [0.05, 0.1) is 4.92 Å². The molecule has 17 heavy (non-hydrogen) atoms. The first kappa shape index (κ1) is 13.4. The second-order valence-corrected chi connectivity index (χ2v) is 4.88. The van der Waals surface area contributed by atoms with Crippen molar-refractivity contribution >= 4 is 33.2 Å². The van der Waals surface area contributed by atoms with Gasteiger partial charge in [0.2, 0.25) is 15.9 Å². The Hall–Kier alpha value is -1.71. The Balaban J connectivity index is 3.73. The van der Waals surface area contributed by atoms with Crippen molar-refractivity contribution in [1.82, 2.24) is 0 Å². The summed E-state index contributed by atoms with van der Waals surface area (Å²) in [5.41, 5.74) is 3.78. The molecule has 0 aromatic heterocycles. The van der Waals surface area contributed by atoms with Gasteiger partial charge in [0, 0.05) is 11.6 Å². The molecule has 0 unspecified atom stereocenters. The number of nitro benzene ring substituents is 1. The molecule has 4 N–H and O–H groups in total. The van der Waals surface area contributed by atoms with Crippen LogP contribution < -0.4 is 10.9 Å². The van der Waals surface area contributed by atoms with E-state index in [-0.39, 0.29) is 5.56 Å². The molecule has 0 bridgehead atoms. The van der Waals surface area contributed by atoms with Crippen LogP contribution in [0.2, 0.25) is 5.02 Å². The molecule has 92 valence electrons. The molecular weight excluding hydrogens is 274 g/mol. The second-order valence-electron chi connectivity index (χ2n) is 2.97. The SMILES string of the molecule is NC(=O)c1cc([N+](=O)[O-])c(Cl)c(S(N)(=O)=O)c1. The van der Waals surface area contributed by atoms with Gasteiger partial charge in [-0.25, -0.2) is 13.6 Å². The highest BCUT2D eigenvalue weighted by Gasteiger charge is 2.25. The van der Waals surface area contributed by atoms with Crippen LogP contribution in [0.3, 0.4) is 0 Å². The molecule has 0 radical (unpaired) electrons. The quantitative estimate of drug-likeness (QED) is 0.590. The van der Waals surface area contributed by atoms with Crippen LogP contribution in [0, 0.1) is 10.1 Å². The van der Waals surface area contributed by atoms with Gasteiger partial charge in [-0.1, -0.05) is 11.6 Å². The van der Waals surface area contributed by atoms with Gasteiger partial charge in [0.15, 0.2) is 0 Å². The minimum Gasteiger partial charge on any atom is -0.366 e. The number of carbonyl (C=O) groups is 1. The zero-order valence-corrected chi connectivity index (χ0v) is 9.66. The first-order chi connectivity index (χ1) is 7.64. The van der Waals surface area contributed by atoms with Crippen LogP contribution in [-0.4, -0.2) is 19.2 Å². The van der Waals surface area contributed by atoms with E-state index in [0.29, 0.717) is 0 Å². The van der Waals surface area contributed by atoms with Crippen molar-refractivity contribution < 1.29 is 18.1 Å². The van der Waals surface area contributed by atoms with Crippen molar-refractivity contribution in [3.63, 3.8) is 0 Å². The zero-order valence-electron chi connectivity index (χ0n) is 8.08. The molecular formula is C7H6ClN3O5S. The molecule has 0 saturated heterocycles. The number of hydrogen-bond donors (Lipinski definition) is 2. The molecule has 0 aliphatic rings. The first-order valence-electron chi connectivity index (χ1n) is 3.95. The minimum absolute atomic E-state index is 0.370. The number of hydrogen-bond acceptors (Lipinski definition) is 5. The summed E-state index contributed by atoms with van der Waals surface area (Å²) in [6.07, 6.45) is 0. The van der Waals surface area contributed by atoms with E-state index < -0.39 is 36.5 Å². The van der Waals surface area contributed by atoms with E-state index in [1.807, 2.05) is 0 Å². The van der Waals surface area contributed by atoms with Gasteiger partial charge in [-0.3, -0.25) is 14.9 Å². The highest BCUT2D eigenvalue weighted by Crippen LogP contribution is 2.31. The van der Waals surface area contributed by atoms with Crippen LogP contribution >= 0.6 is 11.6 Å². The van der Waals surface area contributed by atoms with Crippen LogP contribution in [0.25, 0.3) is 0 Å². The van der Waals surface area contributed by atoms with Gasteiger partial charge in [0.25, 0.3) is 5.69 Å². The van der Waals surface area contributed by atoms with Crippen LogP contribution in [0.1, 0.15) is 10.4 Å². The van der Waals surface area contributed by atoms with E-state index in [4.69, 9.17) is 22.5 Å². The molecule has 0 atom stereocenters. The van der Waals surface area contributed by atoms with Gasteiger partial charge >= 0.3 is 0 Å². The molecule has 10 heteroatoms. The Bertz CT molecular complexity index is 612. The lowest BCUT2D eigenvalue weighted by Gasteiger charge is -2.04. The Morgan fingerprint density at radius 3 is 2.29 bits per heavy atom. The van der Waals surface area contributed by atoms with Crippen LogP contribution in [0.15, 0.2) is 17.0 Å². The van der Waals surface area contributed by atoms with E-state index in [1.165, 1.54) is 0 Å². The van der Waals surface area contributed by atoms with Crippen molar-refractivity contribution in [2.75, 3.05) is 0 Å². The number of rotatable bonds is 3. The lowest BCUT2D eigenvalue weighted by molar-refractivity contribution is -0.384. The lowest BCUT2D eigenvalue weighted by atomic mass is 10.2. The summed E-state index contributed by atoms with van der Waals surface area (Å²) in [5, 5.41) is 14.8. The summed E-state index contributed by atoms with van der Waals surface area (Å²) in [5.74, 6) is -1.03. The van der Waals surface area contributed by atoms with Crippen molar-refractivity contribution in [2.24, 2.45) is 10.9 Å². The van der Waals surface area contributed by atoms with Gasteiger partial charge < -0.3 is 5.73 Å². The highest BCUT2D eigenvalue weighted by atomic mass is 35.5. The maximum atomic E-state index is 11.1. The molecule has 8 nitrogen and oxygen atoms in total. The monoisotopic (exact) mass is 279 g/mol. The Morgan fingerprint density at radius 1 is 1.41 bits per heavy atom. The molecule has 1 amide bonds. The molecule has 0 saturated carbocycles. The third-order valence-electron chi connectivity index (χ3n) is 1.81. The highest BCUT2D eigenvalue weighted by molar-refractivity contribution is 7.89. The van der Waals surface area contributed by atoms with Crippen molar-refractivity contribution in [1.29, 1.82) is 0 Å². The fourth-order valence-electron chi connectivity index (χ4n) is 1.07. The number of sulfonamides is 1. The van der Waals surface area contributed by atoms with E-state index in [0.717, 1.165) is 12.1 Å². The van der Waals surface area contributed by atoms with E-state index in [9.17, 15) is 23.3 Å². The van der Waals surface area contributed by atoms with E-state index >= 15 is 0 Å². The molecule has 0 heterocycles. The summed E-state index contributed by atoms with van der Waals surface area (Å²) in [7, 11) is -4.29. The smallest absolute Gasteiger partial charge is 0.290 e. The standard InChI is InChI=1S/C7H6ClN3O5S/c8-6-4(11(13)14)1-3(7(9)12)2-5(6)17(10,15)16/h1-2H,(H2,9,12)(H2,10,15,16). The van der Waals surface area contributed by atoms with Crippen LogP contribution in [0.4, 0.5) is 5.69 Å². The number of halogens is 1. The van der Waals surface area contributed by atoms with Crippen molar-refractivity contribution in [3.8, 4) is 0 Å². The third-order valence-corrected chi connectivity index (χ3v) is 3.25. The van der Waals surface area contributed by atoms with E-state index in [2.05, 4.69) is 0 Å². The van der Waals surface area contributed by atoms with Gasteiger partial charge in [-0.05, 0) is 6.07 Å². The molecule has 1 aromatic carbocycles. The number of primary sulfonamides is 1. The summed E-state index contributed by atoms with van der Waals surface area (Å²) in [6.45, 7) is 0. The summed E-state index contributed by atoms with van der Waals surface area (Å²) in [6, 6.07) is 1.56. The Morgan fingerprint density at radius 2 is 1.94 bits per heavy atom. The lowest BCUT2D eigenvalue weighted by Crippen LogP contribution is -2.17. The number of primary amides is 1. The number of nitro groups is 1. The molecule has 0 spiro atoms. The van der Waals surface area contributed by atoms with E-state index in [1.54, 1.807) is 0 Å². The normalized spacial score (nSPS) is 11.2. The predicted octanol–water partition coefficient (Wildman–Crippen LogP) is -0.00550. The van der Waals surface area contributed by atoms with Crippen molar-refractivity contribution in [2.45, 2.75) is 4.90 Å². The first-order valence-corrected chi connectivity index (χ1v) is 5.87. The fraction of sp³-hybridized carbons (Fsp3) is 0. The van der Waals surface area contributed by atoms with Crippen molar-refractivity contribution in [3.05, 3.63) is 32.8 Å². The summed E-state index contributed by atoms with van der Waals surface area (Å²) >= 11 is 5.51. The second kappa shape index (κ2) is 4.28. The zero-order chi connectivity index (χ0) is 13.4. The average molecular weight is 280 g/mol. The topological polar surface area (TPSA) is 146 Å². The predicted molar refractivity (Wildman–Crippen MR) is 58.0 cm³/mol. The number of carbonyl (C=O) groups excluding carboxylic acids is 1. The van der Waals surface area contributed by atoms with Crippen LogP contribution in [-0.2, 0) is 10.0 Å². The van der Waals surface area contributed by atoms with Gasteiger partial charge in [0.1, 0.15) is 9.92 Å². The van der Waals surface area contributed by atoms with Crippen LogP contribution in [0.5, 0.6) is 0 Å². The molecule has 0 fully saturated rings. The number of amides is 1. The number of nitrogens with zero attached hydrogens (tertiary/aromatic N) is 1. The number of nitrogens with two attached hydrogens (primary N) is 2.